The number of nitrogens with one attached hydrogen (secondary N) is 1. The maximum Gasteiger partial charge on any atom is 0.263 e. The van der Waals surface area contributed by atoms with Gasteiger partial charge in [-0.25, -0.2) is 4.98 Å². The number of nitrogens with zero attached hydrogens (tertiary/aromatic N) is 2. The third-order valence-electron chi connectivity index (χ3n) is 3.56. The van der Waals surface area contributed by atoms with Crippen molar-refractivity contribution in [3.8, 4) is 0 Å². The van der Waals surface area contributed by atoms with Crippen LogP contribution in [0.15, 0.2) is 0 Å². The van der Waals surface area contributed by atoms with Crippen molar-refractivity contribution in [3.63, 3.8) is 0 Å². The van der Waals surface area contributed by atoms with Gasteiger partial charge in [-0.2, -0.15) is 0 Å². The van der Waals surface area contributed by atoms with Crippen molar-refractivity contribution in [2.45, 2.75) is 46.3 Å². The van der Waals surface area contributed by atoms with Crippen LogP contribution in [0.3, 0.4) is 0 Å². The molecule has 0 saturated carbocycles. The molecule has 6 heteroatoms. The van der Waals surface area contributed by atoms with Gasteiger partial charge in [-0.05, 0) is 27.2 Å². The van der Waals surface area contributed by atoms with Crippen molar-refractivity contribution in [1.29, 1.82) is 0 Å². The molecule has 1 aliphatic rings. The van der Waals surface area contributed by atoms with E-state index < -0.39 is 0 Å². The highest BCUT2D eigenvalue weighted by molar-refractivity contribution is 7.13. The largest absolute Gasteiger partial charge is 0.373 e. The van der Waals surface area contributed by atoms with Gasteiger partial charge in [0.15, 0.2) is 0 Å². The van der Waals surface area contributed by atoms with E-state index in [0.717, 1.165) is 41.6 Å². The molecule has 5 nitrogen and oxygen atoms in total. The second-order valence-electron chi connectivity index (χ2n) is 5.65. The van der Waals surface area contributed by atoms with Gasteiger partial charge >= 0.3 is 0 Å². The molecular weight excluding hydrogens is 286 g/mol. The fourth-order valence-electron chi connectivity index (χ4n) is 2.69. The van der Waals surface area contributed by atoms with Crippen LogP contribution in [0.4, 0.5) is 0 Å². The summed E-state index contributed by atoms with van der Waals surface area (Å²) in [5.41, 5.74) is 0.836. The van der Waals surface area contributed by atoms with Gasteiger partial charge in [0.25, 0.3) is 5.91 Å². The van der Waals surface area contributed by atoms with Crippen molar-refractivity contribution < 1.29 is 9.53 Å². The van der Waals surface area contributed by atoms with Crippen LogP contribution in [0, 0.1) is 6.92 Å². The Morgan fingerprint density at radius 3 is 2.67 bits per heavy atom. The van der Waals surface area contributed by atoms with Gasteiger partial charge in [0.05, 0.1) is 22.9 Å². The van der Waals surface area contributed by atoms with Crippen LogP contribution in [0.25, 0.3) is 0 Å². The third-order valence-corrected chi connectivity index (χ3v) is 4.86. The summed E-state index contributed by atoms with van der Waals surface area (Å²) < 4.78 is 5.71. The number of rotatable bonds is 5. The lowest BCUT2D eigenvalue weighted by Gasteiger charge is -2.35. The molecule has 0 radical (unpaired) electrons. The first-order chi connectivity index (χ1) is 9.99. The number of hydrogen-bond donors (Lipinski definition) is 1. The number of hydrogen-bond acceptors (Lipinski definition) is 5. The lowest BCUT2D eigenvalue weighted by molar-refractivity contribution is -0.0672. The topological polar surface area (TPSA) is 54.5 Å². The smallest absolute Gasteiger partial charge is 0.263 e. The number of carbonyl (C=O) groups is 1. The molecule has 2 heterocycles. The molecule has 0 aromatic carbocycles. The zero-order valence-electron chi connectivity index (χ0n) is 13.3. The van der Waals surface area contributed by atoms with Gasteiger partial charge in [0.2, 0.25) is 0 Å². The van der Waals surface area contributed by atoms with Gasteiger partial charge < -0.3 is 10.1 Å². The minimum Gasteiger partial charge on any atom is -0.373 e. The van der Waals surface area contributed by atoms with Gasteiger partial charge in [-0.3, -0.25) is 9.69 Å². The van der Waals surface area contributed by atoms with Crippen LogP contribution >= 0.6 is 11.3 Å². The molecule has 0 unspecified atom stereocenters. The average molecular weight is 311 g/mol. The minimum atomic E-state index is -0.000874. The van der Waals surface area contributed by atoms with E-state index in [2.05, 4.69) is 36.0 Å². The van der Waals surface area contributed by atoms with E-state index in [1.807, 2.05) is 6.92 Å². The van der Waals surface area contributed by atoms with Gasteiger partial charge in [-0.15, -0.1) is 11.3 Å². The standard InChI is InChI=1S/C15H25N3O2S/c1-5-13-17-12(4)14(21-13)15(19)16-6-7-18-8-10(2)20-11(3)9-18/h10-11H,5-9H2,1-4H3,(H,16,19)/t10-,11-/m1/s1. The highest BCUT2D eigenvalue weighted by Gasteiger charge is 2.22. The van der Waals surface area contributed by atoms with E-state index in [4.69, 9.17) is 4.74 Å². The lowest BCUT2D eigenvalue weighted by atomic mass is 10.2. The Bertz CT molecular complexity index is 479. The van der Waals surface area contributed by atoms with Crippen LogP contribution < -0.4 is 5.32 Å². The monoisotopic (exact) mass is 311 g/mol. The molecule has 0 bridgehead atoms. The summed E-state index contributed by atoms with van der Waals surface area (Å²) in [5, 5.41) is 4.02. The Kier molecular flexibility index (Phi) is 5.72. The first-order valence-corrected chi connectivity index (χ1v) is 8.43. The Morgan fingerprint density at radius 1 is 1.43 bits per heavy atom. The number of ether oxygens (including phenoxy) is 1. The molecular formula is C15H25N3O2S. The second-order valence-corrected chi connectivity index (χ2v) is 6.73. The number of aryl methyl sites for hydroxylation is 2. The molecule has 1 aromatic rings. The van der Waals surface area contributed by atoms with Gasteiger partial charge in [0, 0.05) is 26.2 Å². The molecule has 1 aliphatic heterocycles. The molecule has 2 rings (SSSR count). The molecule has 2 atom stereocenters. The highest BCUT2D eigenvalue weighted by atomic mass is 32.1. The highest BCUT2D eigenvalue weighted by Crippen LogP contribution is 2.18. The van der Waals surface area contributed by atoms with Crippen molar-refractivity contribution in [2.75, 3.05) is 26.2 Å². The number of aromatic nitrogens is 1. The van der Waals surface area contributed by atoms with Crippen LogP contribution in [0.2, 0.25) is 0 Å². The molecule has 118 valence electrons. The van der Waals surface area contributed by atoms with Crippen LogP contribution in [-0.2, 0) is 11.2 Å². The lowest BCUT2D eigenvalue weighted by Crippen LogP contribution is -2.47. The maximum atomic E-state index is 12.2. The third kappa shape index (κ3) is 4.49. The molecule has 1 N–H and O–H groups in total. The van der Waals surface area contributed by atoms with Crippen molar-refractivity contribution in [1.82, 2.24) is 15.2 Å². The minimum absolute atomic E-state index is 0.000874. The van der Waals surface area contributed by atoms with E-state index in [-0.39, 0.29) is 18.1 Å². The molecule has 0 aliphatic carbocycles. The fraction of sp³-hybridized carbons (Fsp3) is 0.733. The summed E-state index contributed by atoms with van der Waals surface area (Å²) in [4.78, 5) is 19.7. The van der Waals surface area contributed by atoms with Crippen LogP contribution in [-0.4, -0.2) is 54.2 Å². The maximum absolute atomic E-state index is 12.2. The summed E-state index contributed by atoms with van der Waals surface area (Å²) >= 11 is 1.50. The van der Waals surface area contributed by atoms with Crippen LogP contribution in [0.5, 0.6) is 0 Å². The summed E-state index contributed by atoms with van der Waals surface area (Å²) in [6.07, 6.45) is 1.41. The van der Waals surface area contributed by atoms with Gasteiger partial charge in [0.1, 0.15) is 4.88 Å². The SMILES string of the molecule is CCc1nc(C)c(C(=O)NCCN2C[C@@H](C)O[C@H](C)C2)s1. The van der Waals surface area contributed by atoms with E-state index in [1.165, 1.54) is 11.3 Å². The first-order valence-electron chi connectivity index (χ1n) is 7.62. The van der Waals surface area contributed by atoms with E-state index in [1.54, 1.807) is 0 Å². The normalized spacial score (nSPS) is 23.2. The first kappa shape index (κ1) is 16.4. The van der Waals surface area contributed by atoms with Crippen molar-refractivity contribution in [2.24, 2.45) is 0 Å². The summed E-state index contributed by atoms with van der Waals surface area (Å²) in [5.74, 6) is -0.000874. The molecule has 21 heavy (non-hydrogen) atoms. The Labute approximate surface area is 130 Å². The second kappa shape index (κ2) is 7.33. The zero-order valence-corrected chi connectivity index (χ0v) is 14.1. The average Bonchev–Trinajstić information content (AvgIpc) is 2.79. The molecule has 1 amide bonds. The van der Waals surface area contributed by atoms with E-state index in [9.17, 15) is 4.79 Å². The molecule has 0 spiro atoms. The number of carbonyl (C=O) groups excluding carboxylic acids is 1. The number of morpholine rings is 1. The number of thiazole rings is 1. The zero-order chi connectivity index (χ0) is 15.4. The Hall–Kier alpha value is -0.980. The fourth-order valence-corrected chi connectivity index (χ4v) is 3.61. The number of amides is 1. The summed E-state index contributed by atoms with van der Waals surface area (Å²) in [7, 11) is 0. The molecule has 1 saturated heterocycles. The summed E-state index contributed by atoms with van der Waals surface area (Å²) in [6.45, 7) is 11.5. The summed E-state index contributed by atoms with van der Waals surface area (Å²) in [6, 6.07) is 0. The molecule has 1 aromatic heterocycles. The van der Waals surface area contributed by atoms with Crippen molar-refractivity contribution >= 4 is 17.2 Å². The Balaban J connectivity index is 1.80. The van der Waals surface area contributed by atoms with Crippen molar-refractivity contribution in [3.05, 3.63) is 15.6 Å². The van der Waals surface area contributed by atoms with Gasteiger partial charge in [-0.1, -0.05) is 6.92 Å². The Morgan fingerprint density at radius 2 is 2.10 bits per heavy atom. The van der Waals surface area contributed by atoms with Crippen LogP contribution in [0.1, 0.15) is 41.1 Å². The van der Waals surface area contributed by atoms with E-state index in [0.29, 0.717) is 6.54 Å². The predicted molar refractivity (Wildman–Crippen MR) is 85.0 cm³/mol. The quantitative estimate of drug-likeness (QED) is 0.902. The molecule has 1 fully saturated rings. The predicted octanol–water partition coefficient (Wildman–Crippen LogP) is 1.85. The van der Waals surface area contributed by atoms with E-state index >= 15 is 0 Å².